The molecule has 1 radical (unpaired) electrons. The van der Waals surface area contributed by atoms with Gasteiger partial charge in [0, 0.05) is 0 Å². The first-order valence-electron chi connectivity index (χ1n) is 1.79. The molecule has 0 amide bonds. The van der Waals surface area contributed by atoms with Gasteiger partial charge in [0.15, 0.2) is 10.6 Å². The lowest BCUT2D eigenvalue weighted by atomic mass is 10.6. The molecule has 1 rings (SSSR count). The topological polar surface area (TPSA) is 12.9 Å². The van der Waals surface area contributed by atoms with Gasteiger partial charge in [0.2, 0.25) is 0 Å². The number of halogens is 1. The number of nitrogens with zero attached hydrogens (tertiary/aromatic N) is 1. The van der Waals surface area contributed by atoms with Gasteiger partial charge in [0.1, 0.15) is 0 Å². The van der Waals surface area contributed by atoms with Gasteiger partial charge in [-0.3, -0.25) is 0 Å². The molecule has 1 aromatic heterocycles. The summed E-state index contributed by atoms with van der Waals surface area (Å²) in [5.41, 5.74) is 2.85. The van der Waals surface area contributed by atoms with Crippen molar-refractivity contribution < 1.29 is 4.39 Å². The molecule has 1 heterocycles. The summed E-state index contributed by atoms with van der Waals surface area (Å²) < 4.78 is 12.0. The molecule has 1 nitrogen and oxygen atoms in total. The maximum absolute atomic E-state index is 12.0. The molecule has 37 valence electrons. The van der Waals surface area contributed by atoms with E-state index in [1.165, 1.54) is 0 Å². The molecule has 0 atom stereocenters. The van der Waals surface area contributed by atoms with E-state index in [-0.39, 0.29) is 5.13 Å². The molecule has 0 fully saturated rings. The Kier molecular flexibility index (Phi) is 1.06. The first-order valence-corrected chi connectivity index (χ1v) is 2.61. The summed E-state index contributed by atoms with van der Waals surface area (Å²) in [5, 5.41) is -0.236. The molecule has 0 aliphatic heterocycles. The van der Waals surface area contributed by atoms with E-state index in [1.807, 2.05) is 0 Å². The molecule has 0 N–H and O–H groups in total. The zero-order chi connectivity index (χ0) is 5.28. The number of aromatic nitrogens is 1. The van der Waals surface area contributed by atoms with Crippen LogP contribution in [-0.4, -0.2) is 4.98 Å². The summed E-state index contributed by atoms with van der Waals surface area (Å²) >= 11 is 0.902. The van der Waals surface area contributed by atoms with Gasteiger partial charge in [-0.05, 0) is 6.92 Å². The third kappa shape index (κ3) is 0.771. The lowest BCUT2D eigenvalue weighted by molar-refractivity contribution is 0.643. The highest BCUT2D eigenvalue weighted by molar-refractivity contribution is 7.07. The van der Waals surface area contributed by atoms with E-state index in [2.05, 4.69) is 10.5 Å². The van der Waals surface area contributed by atoms with Gasteiger partial charge in [-0.15, -0.1) is 0 Å². The molecule has 0 bridgehead atoms. The molecular formula is C4H3FNS. The summed E-state index contributed by atoms with van der Waals surface area (Å²) in [5.74, 6) is 0. The van der Waals surface area contributed by atoms with E-state index >= 15 is 0 Å². The molecule has 0 aliphatic carbocycles. The minimum absolute atomic E-state index is 0.236. The first-order chi connectivity index (χ1) is 3.30. The van der Waals surface area contributed by atoms with E-state index in [9.17, 15) is 4.39 Å². The highest BCUT2D eigenvalue weighted by Crippen LogP contribution is 2.06. The standard InChI is InChI=1S/C4H3FNS/c1-3-4(5)7-2-6-3/h1H3. The number of rotatable bonds is 0. The molecule has 0 unspecified atom stereocenters. The molecule has 3 heteroatoms. The zero-order valence-electron chi connectivity index (χ0n) is 3.73. The molecule has 0 aliphatic rings. The number of aryl methyl sites for hydroxylation is 1. The summed E-state index contributed by atoms with van der Waals surface area (Å²) in [6.07, 6.45) is 0. The van der Waals surface area contributed by atoms with Crippen LogP contribution >= 0.6 is 11.3 Å². The SMILES string of the molecule is Cc1n[c]sc1F. The lowest BCUT2D eigenvalue weighted by Crippen LogP contribution is -1.69. The molecule has 0 aromatic carbocycles. The predicted octanol–water partition coefficient (Wildman–Crippen LogP) is 1.39. The van der Waals surface area contributed by atoms with Crippen LogP contribution in [0.25, 0.3) is 0 Å². The van der Waals surface area contributed by atoms with Gasteiger partial charge in [0.25, 0.3) is 0 Å². The van der Waals surface area contributed by atoms with E-state index < -0.39 is 0 Å². The van der Waals surface area contributed by atoms with Crippen molar-refractivity contribution in [2.24, 2.45) is 0 Å². The van der Waals surface area contributed by atoms with Crippen molar-refractivity contribution in [2.45, 2.75) is 6.92 Å². The summed E-state index contributed by atoms with van der Waals surface area (Å²) in [6.45, 7) is 1.61. The van der Waals surface area contributed by atoms with E-state index in [4.69, 9.17) is 0 Å². The van der Waals surface area contributed by atoms with Crippen molar-refractivity contribution in [1.82, 2.24) is 4.98 Å². The molecule has 0 saturated carbocycles. The second-order valence-corrected chi connectivity index (χ2v) is 1.91. The predicted molar refractivity (Wildman–Crippen MR) is 25.6 cm³/mol. The Bertz CT molecular complexity index is 144. The van der Waals surface area contributed by atoms with Crippen LogP contribution in [0.3, 0.4) is 0 Å². The number of hydrogen-bond donors (Lipinski definition) is 0. The molecule has 7 heavy (non-hydrogen) atoms. The van der Waals surface area contributed by atoms with Crippen molar-refractivity contribution in [3.63, 3.8) is 0 Å². The average molecular weight is 116 g/mol. The average Bonchev–Trinajstić information content (AvgIpc) is 1.91. The van der Waals surface area contributed by atoms with Crippen LogP contribution in [0, 0.1) is 17.6 Å². The highest BCUT2D eigenvalue weighted by Gasteiger charge is 1.95. The molecular weight excluding hydrogens is 113 g/mol. The van der Waals surface area contributed by atoms with Gasteiger partial charge in [-0.2, -0.15) is 4.39 Å². The van der Waals surface area contributed by atoms with Crippen LogP contribution in [0.2, 0.25) is 0 Å². The minimum atomic E-state index is -0.236. The van der Waals surface area contributed by atoms with Crippen molar-refractivity contribution in [2.75, 3.05) is 0 Å². The van der Waals surface area contributed by atoms with Gasteiger partial charge in [-0.25, -0.2) is 4.98 Å². The van der Waals surface area contributed by atoms with E-state index in [1.54, 1.807) is 6.92 Å². The van der Waals surface area contributed by atoms with Crippen LogP contribution < -0.4 is 0 Å². The Morgan fingerprint density at radius 3 is 2.71 bits per heavy atom. The lowest BCUT2D eigenvalue weighted by Gasteiger charge is -1.72. The molecule has 1 aromatic rings. The smallest absolute Gasteiger partial charge is 0.199 e. The zero-order valence-corrected chi connectivity index (χ0v) is 4.55. The van der Waals surface area contributed by atoms with Gasteiger partial charge in [0.05, 0.1) is 5.69 Å². The van der Waals surface area contributed by atoms with Crippen LogP contribution in [0.5, 0.6) is 0 Å². The Labute approximate surface area is 44.8 Å². The fraction of sp³-hybridized carbons (Fsp3) is 0.250. The Hall–Kier alpha value is -0.440. The van der Waals surface area contributed by atoms with Crippen LogP contribution in [0.4, 0.5) is 4.39 Å². The third-order valence-corrected chi connectivity index (χ3v) is 1.29. The third-order valence-electron chi connectivity index (χ3n) is 0.633. The highest BCUT2D eigenvalue weighted by atomic mass is 32.1. The Morgan fingerprint density at radius 2 is 2.57 bits per heavy atom. The first kappa shape index (κ1) is 4.71. The maximum atomic E-state index is 12.0. The number of thiazole rings is 1. The van der Waals surface area contributed by atoms with Gasteiger partial charge in [-0.1, -0.05) is 11.3 Å². The van der Waals surface area contributed by atoms with E-state index in [0.29, 0.717) is 5.69 Å². The molecule has 0 spiro atoms. The van der Waals surface area contributed by atoms with Crippen molar-refractivity contribution in [3.05, 3.63) is 16.3 Å². The van der Waals surface area contributed by atoms with Crippen molar-refractivity contribution in [3.8, 4) is 0 Å². The van der Waals surface area contributed by atoms with Gasteiger partial charge < -0.3 is 0 Å². The summed E-state index contributed by atoms with van der Waals surface area (Å²) in [4.78, 5) is 3.53. The van der Waals surface area contributed by atoms with Crippen LogP contribution in [-0.2, 0) is 0 Å². The second kappa shape index (κ2) is 1.58. The van der Waals surface area contributed by atoms with E-state index in [0.717, 1.165) is 11.3 Å². The summed E-state index contributed by atoms with van der Waals surface area (Å²) in [6, 6.07) is 0. The molecule has 0 saturated heterocycles. The van der Waals surface area contributed by atoms with Crippen LogP contribution in [0.15, 0.2) is 0 Å². The van der Waals surface area contributed by atoms with Gasteiger partial charge >= 0.3 is 0 Å². The normalized spacial score (nSPS) is 9.43. The number of hydrogen-bond acceptors (Lipinski definition) is 2. The van der Waals surface area contributed by atoms with Crippen molar-refractivity contribution >= 4 is 11.3 Å². The largest absolute Gasteiger partial charge is 0.236 e. The van der Waals surface area contributed by atoms with Crippen molar-refractivity contribution in [1.29, 1.82) is 0 Å². The fourth-order valence-electron chi connectivity index (χ4n) is 0.249. The fourth-order valence-corrected chi connectivity index (χ4v) is 0.705. The van der Waals surface area contributed by atoms with Crippen LogP contribution in [0.1, 0.15) is 5.69 Å². The minimum Gasteiger partial charge on any atom is -0.236 e. The second-order valence-electron chi connectivity index (χ2n) is 1.16. The monoisotopic (exact) mass is 116 g/mol. The maximum Gasteiger partial charge on any atom is 0.199 e. The quantitative estimate of drug-likeness (QED) is 0.499. The summed E-state index contributed by atoms with van der Waals surface area (Å²) in [7, 11) is 0. The Morgan fingerprint density at radius 1 is 1.86 bits per heavy atom. The Balaban J connectivity index is 3.12.